The fourth-order valence-corrected chi connectivity index (χ4v) is 1.88. The molecule has 0 bridgehead atoms. The molecule has 0 fully saturated rings. The first-order valence-electron chi connectivity index (χ1n) is 4.85. The Balaban J connectivity index is 2.41. The molecule has 1 aliphatic rings. The van der Waals surface area contributed by atoms with Gasteiger partial charge in [-0.05, 0) is 36.7 Å². The van der Waals surface area contributed by atoms with Crippen LogP contribution in [0.1, 0.15) is 17.3 Å². The van der Waals surface area contributed by atoms with Gasteiger partial charge < -0.3 is 10.5 Å². The quantitative estimate of drug-likeness (QED) is 0.725. The summed E-state index contributed by atoms with van der Waals surface area (Å²) >= 11 is 0. The maximum absolute atomic E-state index is 6.08. The van der Waals surface area contributed by atoms with Crippen LogP contribution >= 0.6 is 0 Å². The van der Waals surface area contributed by atoms with Crippen LogP contribution in [0.3, 0.4) is 0 Å². The lowest BCUT2D eigenvalue weighted by atomic mass is 9.97. The lowest BCUT2D eigenvalue weighted by molar-refractivity contribution is 0.236. The van der Waals surface area contributed by atoms with Gasteiger partial charge in [-0.3, -0.25) is 4.90 Å². The summed E-state index contributed by atoms with van der Waals surface area (Å²) in [5.74, 6) is 0.884. The Morgan fingerprint density at radius 1 is 1.50 bits per heavy atom. The molecule has 76 valence electrons. The van der Waals surface area contributed by atoms with Crippen LogP contribution in [0.4, 0.5) is 0 Å². The molecule has 1 aromatic rings. The van der Waals surface area contributed by atoms with Crippen molar-refractivity contribution >= 4 is 0 Å². The van der Waals surface area contributed by atoms with Gasteiger partial charge in [0, 0.05) is 6.54 Å². The number of benzene rings is 1. The highest BCUT2D eigenvalue weighted by Crippen LogP contribution is 2.28. The summed E-state index contributed by atoms with van der Waals surface area (Å²) in [5, 5.41) is 0. The van der Waals surface area contributed by atoms with Gasteiger partial charge in [-0.15, -0.1) is 0 Å². The fourth-order valence-electron chi connectivity index (χ4n) is 1.88. The Labute approximate surface area is 84.5 Å². The van der Waals surface area contributed by atoms with E-state index in [-0.39, 0.29) is 6.17 Å². The zero-order chi connectivity index (χ0) is 10.1. The summed E-state index contributed by atoms with van der Waals surface area (Å²) in [4.78, 5) is 2.15. The Hall–Kier alpha value is -1.06. The molecule has 0 radical (unpaired) electrons. The van der Waals surface area contributed by atoms with Crippen molar-refractivity contribution in [3.8, 4) is 5.75 Å². The number of fused-ring (bicyclic) bond motifs is 1. The van der Waals surface area contributed by atoms with Gasteiger partial charge >= 0.3 is 0 Å². The second-order valence-electron chi connectivity index (χ2n) is 3.74. The Morgan fingerprint density at radius 2 is 2.29 bits per heavy atom. The largest absolute Gasteiger partial charge is 0.497 e. The number of rotatable bonds is 1. The highest BCUT2D eigenvalue weighted by Gasteiger charge is 2.21. The van der Waals surface area contributed by atoms with Gasteiger partial charge in [-0.1, -0.05) is 6.07 Å². The predicted octanol–water partition coefficient (Wildman–Crippen LogP) is 1.14. The first-order chi connectivity index (χ1) is 6.72. The minimum atomic E-state index is 0.00819. The van der Waals surface area contributed by atoms with E-state index in [1.54, 1.807) is 7.11 Å². The van der Waals surface area contributed by atoms with Crippen LogP contribution in [0.5, 0.6) is 5.75 Å². The monoisotopic (exact) mass is 192 g/mol. The SMILES string of the molecule is COc1ccc2c(c1)C(N)N(C)CC2. The number of hydrogen-bond acceptors (Lipinski definition) is 3. The topological polar surface area (TPSA) is 38.5 Å². The van der Waals surface area contributed by atoms with Gasteiger partial charge in [-0.2, -0.15) is 0 Å². The Bertz CT molecular complexity index is 338. The zero-order valence-electron chi connectivity index (χ0n) is 8.66. The van der Waals surface area contributed by atoms with E-state index in [4.69, 9.17) is 10.5 Å². The van der Waals surface area contributed by atoms with Crippen molar-refractivity contribution < 1.29 is 4.74 Å². The molecule has 0 amide bonds. The average Bonchev–Trinajstić information content (AvgIpc) is 2.23. The third kappa shape index (κ3) is 1.49. The maximum Gasteiger partial charge on any atom is 0.119 e. The van der Waals surface area contributed by atoms with Crippen LogP contribution < -0.4 is 10.5 Å². The number of hydrogen-bond donors (Lipinski definition) is 1. The molecule has 0 aromatic heterocycles. The molecule has 0 saturated heterocycles. The van der Waals surface area contributed by atoms with Gasteiger partial charge in [0.1, 0.15) is 5.75 Å². The standard InChI is InChI=1S/C11H16N2O/c1-13-6-5-8-3-4-9(14-2)7-10(8)11(13)12/h3-4,7,11H,5-6,12H2,1-2H3. The molecule has 14 heavy (non-hydrogen) atoms. The van der Waals surface area contributed by atoms with Crippen molar-refractivity contribution in [1.82, 2.24) is 4.90 Å². The summed E-state index contributed by atoms with van der Waals surface area (Å²) in [6.07, 6.45) is 1.08. The van der Waals surface area contributed by atoms with Crippen LogP contribution in [0.2, 0.25) is 0 Å². The molecule has 0 spiro atoms. The molecule has 1 heterocycles. The Morgan fingerprint density at radius 3 is 3.00 bits per heavy atom. The first kappa shape index (κ1) is 9.49. The normalized spacial score (nSPS) is 21.8. The van der Waals surface area contributed by atoms with E-state index in [0.717, 1.165) is 18.7 Å². The van der Waals surface area contributed by atoms with E-state index < -0.39 is 0 Å². The van der Waals surface area contributed by atoms with Crippen LogP contribution in [-0.2, 0) is 6.42 Å². The summed E-state index contributed by atoms with van der Waals surface area (Å²) in [6, 6.07) is 6.15. The van der Waals surface area contributed by atoms with Crippen molar-refractivity contribution in [3.63, 3.8) is 0 Å². The summed E-state index contributed by atoms with van der Waals surface area (Å²) < 4.78 is 5.19. The van der Waals surface area contributed by atoms with E-state index in [0.29, 0.717) is 0 Å². The minimum Gasteiger partial charge on any atom is -0.497 e. The molecule has 2 rings (SSSR count). The zero-order valence-corrected chi connectivity index (χ0v) is 8.66. The van der Waals surface area contributed by atoms with Gasteiger partial charge in [0.2, 0.25) is 0 Å². The second kappa shape index (κ2) is 3.59. The van der Waals surface area contributed by atoms with E-state index in [1.165, 1.54) is 11.1 Å². The average molecular weight is 192 g/mol. The highest BCUT2D eigenvalue weighted by molar-refractivity contribution is 5.38. The van der Waals surface area contributed by atoms with Crippen LogP contribution in [0.15, 0.2) is 18.2 Å². The third-order valence-corrected chi connectivity index (χ3v) is 2.88. The van der Waals surface area contributed by atoms with E-state index in [2.05, 4.69) is 11.0 Å². The van der Waals surface area contributed by atoms with E-state index in [9.17, 15) is 0 Å². The minimum absolute atomic E-state index is 0.00819. The second-order valence-corrected chi connectivity index (χ2v) is 3.74. The van der Waals surface area contributed by atoms with Crippen molar-refractivity contribution in [2.24, 2.45) is 5.73 Å². The lowest BCUT2D eigenvalue weighted by Crippen LogP contribution is -2.37. The van der Waals surface area contributed by atoms with Crippen LogP contribution in [0, 0.1) is 0 Å². The van der Waals surface area contributed by atoms with Gasteiger partial charge in [-0.25, -0.2) is 0 Å². The molecule has 3 heteroatoms. The molecule has 1 unspecified atom stereocenters. The predicted molar refractivity (Wildman–Crippen MR) is 56.3 cm³/mol. The Kier molecular flexibility index (Phi) is 2.44. The van der Waals surface area contributed by atoms with Crippen LogP contribution in [0.25, 0.3) is 0 Å². The molecular formula is C11H16N2O. The van der Waals surface area contributed by atoms with Crippen molar-refractivity contribution in [2.75, 3.05) is 20.7 Å². The van der Waals surface area contributed by atoms with E-state index in [1.807, 2.05) is 19.2 Å². The molecule has 1 aromatic carbocycles. The summed E-state index contributed by atoms with van der Waals surface area (Å²) in [7, 11) is 3.73. The molecule has 2 N–H and O–H groups in total. The summed E-state index contributed by atoms with van der Waals surface area (Å²) in [6.45, 7) is 1.03. The molecule has 3 nitrogen and oxygen atoms in total. The van der Waals surface area contributed by atoms with Crippen molar-refractivity contribution in [1.29, 1.82) is 0 Å². The number of ether oxygens (including phenoxy) is 1. The van der Waals surface area contributed by atoms with Crippen molar-refractivity contribution in [3.05, 3.63) is 29.3 Å². The maximum atomic E-state index is 6.08. The fraction of sp³-hybridized carbons (Fsp3) is 0.455. The smallest absolute Gasteiger partial charge is 0.119 e. The molecule has 0 aliphatic carbocycles. The highest BCUT2D eigenvalue weighted by atomic mass is 16.5. The third-order valence-electron chi connectivity index (χ3n) is 2.88. The number of nitrogens with zero attached hydrogens (tertiary/aromatic N) is 1. The number of nitrogens with two attached hydrogens (primary N) is 1. The lowest BCUT2D eigenvalue weighted by Gasteiger charge is -2.31. The number of likely N-dealkylation sites (N-methyl/N-ethyl adjacent to an activating group) is 1. The van der Waals surface area contributed by atoms with Crippen LogP contribution in [-0.4, -0.2) is 25.6 Å². The van der Waals surface area contributed by atoms with Crippen molar-refractivity contribution in [2.45, 2.75) is 12.6 Å². The first-order valence-corrected chi connectivity index (χ1v) is 4.85. The molecule has 1 atom stereocenters. The molecular weight excluding hydrogens is 176 g/mol. The molecule has 1 aliphatic heterocycles. The van der Waals surface area contributed by atoms with E-state index >= 15 is 0 Å². The van der Waals surface area contributed by atoms with Gasteiger partial charge in [0.05, 0.1) is 13.3 Å². The molecule has 0 saturated carbocycles. The van der Waals surface area contributed by atoms with Gasteiger partial charge in [0.15, 0.2) is 0 Å². The van der Waals surface area contributed by atoms with Gasteiger partial charge in [0.25, 0.3) is 0 Å². The summed E-state index contributed by atoms with van der Waals surface area (Å²) in [5.41, 5.74) is 8.62. The number of methoxy groups -OCH3 is 1.